The first kappa shape index (κ1) is 14.3. The van der Waals surface area contributed by atoms with Crippen LogP contribution in [0.2, 0.25) is 0 Å². The minimum absolute atomic E-state index is 0.00337. The van der Waals surface area contributed by atoms with E-state index < -0.39 is 5.72 Å². The van der Waals surface area contributed by atoms with Crippen molar-refractivity contribution in [2.24, 2.45) is 11.0 Å². The summed E-state index contributed by atoms with van der Waals surface area (Å²) < 4.78 is 0. The highest BCUT2D eigenvalue weighted by atomic mass is 16.3. The number of rotatable bonds is 2. The molecule has 0 saturated heterocycles. The van der Waals surface area contributed by atoms with Crippen LogP contribution in [-0.4, -0.2) is 21.7 Å². The number of amides is 1. The highest BCUT2D eigenvalue weighted by Crippen LogP contribution is 2.38. The van der Waals surface area contributed by atoms with E-state index in [1.54, 1.807) is 0 Å². The van der Waals surface area contributed by atoms with Crippen LogP contribution < -0.4 is 0 Å². The van der Waals surface area contributed by atoms with E-state index in [2.05, 4.69) is 5.10 Å². The van der Waals surface area contributed by atoms with E-state index in [9.17, 15) is 9.90 Å². The predicted molar refractivity (Wildman–Crippen MR) is 81.5 cm³/mol. The maximum Gasteiger partial charge on any atom is 0.248 e. The van der Waals surface area contributed by atoms with E-state index in [4.69, 9.17) is 0 Å². The second-order valence-corrected chi connectivity index (χ2v) is 6.18. The summed E-state index contributed by atoms with van der Waals surface area (Å²) in [6.45, 7) is 1.86. The standard InChI is InChI=1S/C17H22N2O2/c1-13-12-17(21,15-10-6-3-7-11-15)19(18-13)16(20)14-8-4-2-5-9-14/h3,6-7,10-11,14,21H,2,4-5,8-9,12H2,1H3. The number of nitrogens with zero attached hydrogens (tertiary/aromatic N) is 2. The van der Waals surface area contributed by atoms with Crippen molar-refractivity contribution in [2.75, 3.05) is 0 Å². The Morgan fingerprint density at radius 1 is 1.24 bits per heavy atom. The van der Waals surface area contributed by atoms with Gasteiger partial charge in [-0.15, -0.1) is 0 Å². The van der Waals surface area contributed by atoms with Crippen LogP contribution in [0.3, 0.4) is 0 Å². The molecule has 0 bridgehead atoms. The molecular weight excluding hydrogens is 264 g/mol. The molecule has 21 heavy (non-hydrogen) atoms. The first-order valence-corrected chi connectivity index (χ1v) is 7.77. The maximum absolute atomic E-state index is 12.8. The van der Waals surface area contributed by atoms with Gasteiger partial charge in [0.2, 0.25) is 5.91 Å². The molecule has 1 unspecified atom stereocenters. The zero-order valence-electron chi connectivity index (χ0n) is 12.5. The SMILES string of the molecule is CC1=NN(C(=O)C2CCCCC2)C(O)(c2ccccc2)C1. The van der Waals surface area contributed by atoms with Crippen molar-refractivity contribution in [3.8, 4) is 0 Å². The molecular formula is C17H22N2O2. The fraction of sp³-hybridized carbons (Fsp3) is 0.529. The van der Waals surface area contributed by atoms with Crippen molar-refractivity contribution in [3.63, 3.8) is 0 Å². The number of benzene rings is 1. The smallest absolute Gasteiger partial charge is 0.248 e. The van der Waals surface area contributed by atoms with Gasteiger partial charge >= 0.3 is 0 Å². The molecule has 4 nitrogen and oxygen atoms in total. The summed E-state index contributed by atoms with van der Waals surface area (Å²) >= 11 is 0. The number of hydrogen-bond acceptors (Lipinski definition) is 3. The highest BCUT2D eigenvalue weighted by molar-refractivity contribution is 5.89. The quantitative estimate of drug-likeness (QED) is 0.908. The first-order valence-electron chi connectivity index (χ1n) is 7.77. The van der Waals surface area contributed by atoms with Crippen LogP contribution in [0.5, 0.6) is 0 Å². The van der Waals surface area contributed by atoms with Crippen molar-refractivity contribution in [1.82, 2.24) is 5.01 Å². The van der Waals surface area contributed by atoms with Gasteiger partial charge in [-0.2, -0.15) is 10.1 Å². The van der Waals surface area contributed by atoms with Gasteiger partial charge in [-0.25, -0.2) is 0 Å². The summed E-state index contributed by atoms with van der Waals surface area (Å²) in [5, 5.41) is 16.8. The van der Waals surface area contributed by atoms with Crippen LogP contribution >= 0.6 is 0 Å². The minimum atomic E-state index is -1.32. The molecule has 1 saturated carbocycles. The number of hydrazone groups is 1. The Hall–Kier alpha value is -1.68. The normalized spacial score (nSPS) is 26.8. The van der Waals surface area contributed by atoms with Crippen LogP contribution in [0.1, 0.15) is 51.0 Å². The summed E-state index contributed by atoms with van der Waals surface area (Å²) in [6, 6.07) is 9.38. The minimum Gasteiger partial charge on any atom is -0.365 e. The second-order valence-electron chi connectivity index (χ2n) is 6.18. The fourth-order valence-corrected chi connectivity index (χ4v) is 3.40. The number of carbonyl (C=O) groups is 1. The van der Waals surface area contributed by atoms with Crippen molar-refractivity contribution in [2.45, 2.75) is 51.2 Å². The van der Waals surface area contributed by atoms with Gasteiger partial charge in [-0.1, -0.05) is 49.6 Å². The molecule has 1 amide bonds. The third-order valence-electron chi connectivity index (χ3n) is 4.52. The van der Waals surface area contributed by atoms with Gasteiger partial charge in [0, 0.05) is 23.6 Å². The molecule has 112 valence electrons. The molecule has 1 aromatic rings. The van der Waals surface area contributed by atoms with E-state index in [0.717, 1.165) is 37.0 Å². The van der Waals surface area contributed by atoms with Gasteiger partial charge in [0.15, 0.2) is 5.72 Å². The Morgan fingerprint density at radius 3 is 2.57 bits per heavy atom. The fourth-order valence-electron chi connectivity index (χ4n) is 3.40. The highest BCUT2D eigenvalue weighted by Gasteiger charge is 2.46. The molecule has 1 aliphatic carbocycles. The Labute approximate surface area is 125 Å². The molecule has 1 aromatic carbocycles. The van der Waals surface area contributed by atoms with E-state index in [0.29, 0.717) is 6.42 Å². The second kappa shape index (κ2) is 5.60. The third-order valence-corrected chi connectivity index (χ3v) is 4.52. The molecule has 0 spiro atoms. The molecule has 0 aromatic heterocycles. The summed E-state index contributed by atoms with van der Waals surface area (Å²) in [7, 11) is 0. The Kier molecular flexibility index (Phi) is 3.81. The van der Waals surface area contributed by atoms with E-state index in [1.807, 2.05) is 37.3 Å². The summed E-state index contributed by atoms with van der Waals surface area (Å²) in [5.74, 6) is -0.0264. The largest absolute Gasteiger partial charge is 0.365 e. The summed E-state index contributed by atoms with van der Waals surface area (Å²) in [5.41, 5.74) is 0.208. The Balaban J connectivity index is 1.89. The Morgan fingerprint density at radius 2 is 1.90 bits per heavy atom. The summed E-state index contributed by atoms with van der Waals surface area (Å²) in [6.07, 6.45) is 5.60. The number of hydrogen-bond donors (Lipinski definition) is 1. The van der Waals surface area contributed by atoms with Crippen LogP contribution in [0.25, 0.3) is 0 Å². The van der Waals surface area contributed by atoms with Crippen LogP contribution in [-0.2, 0) is 10.5 Å². The van der Waals surface area contributed by atoms with Crippen molar-refractivity contribution >= 4 is 11.6 Å². The van der Waals surface area contributed by atoms with E-state index in [-0.39, 0.29) is 11.8 Å². The van der Waals surface area contributed by atoms with E-state index >= 15 is 0 Å². The number of aliphatic hydroxyl groups is 1. The molecule has 3 rings (SSSR count). The molecule has 2 aliphatic rings. The lowest BCUT2D eigenvalue weighted by molar-refractivity contribution is -0.163. The van der Waals surface area contributed by atoms with Gasteiger partial charge < -0.3 is 5.11 Å². The maximum atomic E-state index is 12.8. The predicted octanol–water partition coefficient (Wildman–Crippen LogP) is 3.02. The van der Waals surface area contributed by atoms with Crippen LogP contribution in [0, 0.1) is 5.92 Å². The van der Waals surface area contributed by atoms with Crippen LogP contribution in [0.15, 0.2) is 35.4 Å². The zero-order chi connectivity index (χ0) is 14.9. The summed E-state index contributed by atoms with van der Waals surface area (Å²) in [4.78, 5) is 12.8. The van der Waals surface area contributed by atoms with Crippen molar-refractivity contribution < 1.29 is 9.90 Å². The molecule has 1 aliphatic heterocycles. The average Bonchev–Trinajstić information content (AvgIpc) is 2.84. The molecule has 1 N–H and O–H groups in total. The monoisotopic (exact) mass is 286 g/mol. The molecule has 1 heterocycles. The lowest BCUT2D eigenvalue weighted by Crippen LogP contribution is -2.46. The molecule has 4 heteroatoms. The first-order chi connectivity index (χ1) is 10.1. The molecule has 1 fully saturated rings. The molecule has 0 radical (unpaired) electrons. The van der Waals surface area contributed by atoms with Gasteiger partial charge in [-0.05, 0) is 19.8 Å². The van der Waals surface area contributed by atoms with Gasteiger partial charge in [0.05, 0.1) is 0 Å². The van der Waals surface area contributed by atoms with Crippen molar-refractivity contribution in [3.05, 3.63) is 35.9 Å². The lowest BCUT2D eigenvalue weighted by Gasteiger charge is -2.34. The van der Waals surface area contributed by atoms with Crippen LogP contribution in [0.4, 0.5) is 0 Å². The van der Waals surface area contributed by atoms with Gasteiger partial charge in [0.1, 0.15) is 0 Å². The Bertz CT molecular complexity index is 549. The number of carbonyl (C=O) groups excluding carboxylic acids is 1. The average molecular weight is 286 g/mol. The topological polar surface area (TPSA) is 52.9 Å². The van der Waals surface area contributed by atoms with E-state index in [1.165, 1.54) is 11.4 Å². The van der Waals surface area contributed by atoms with Crippen molar-refractivity contribution in [1.29, 1.82) is 0 Å². The van der Waals surface area contributed by atoms with Gasteiger partial charge in [0.25, 0.3) is 0 Å². The van der Waals surface area contributed by atoms with Gasteiger partial charge in [-0.3, -0.25) is 4.79 Å². The zero-order valence-corrected chi connectivity index (χ0v) is 12.5. The molecule has 1 atom stereocenters. The third kappa shape index (κ3) is 2.60. The lowest BCUT2D eigenvalue weighted by atomic mass is 9.87.